The Balaban J connectivity index is 2.46. The zero-order valence-corrected chi connectivity index (χ0v) is 10.1. The van der Waals surface area contributed by atoms with Gasteiger partial charge in [-0.1, -0.05) is 6.92 Å². The number of rotatable bonds is 3. The van der Waals surface area contributed by atoms with Crippen molar-refractivity contribution in [2.24, 2.45) is 0 Å². The number of fused-ring (bicyclic) bond motifs is 1. The number of esters is 2. The molecule has 0 saturated heterocycles. The van der Waals surface area contributed by atoms with Gasteiger partial charge in [-0.3, -0.25) is 0 Å². The Morgan fingerprint density at radius 2 is 1.50 bits per heavy atom. The van der Waals surface area contributed by atoms with Crippen LogP contribution in [-0.2, 0) is 9.47 Å². The van der Waals surface area contributed by atoms with Crippen LogP contribution in [0, 0.1) is 0 Å². The van der Waals surface area contributed by atoms with Gasteiger partial charge in [0.25, 0.3) is 11.5 Å². The molecule has 0 aliphatic carbocycles. The van der Waals surface area contributed by atoms with E-state index in [0.717, 1.165) is 0 Å². The summed E-state index contributed by atoms with van der Waals surface area (Å²) < 4.78 is 24.9. The van der Waals surface area contributed by atoms with E-state index in [1.54, 1.807) is 0 Å². The highest BCUT2D eigenvalue weighted by atomic mass is 16.7. The Kier molecular flexibility index (Phi) is 3.14. The fourth-order valence-electron chi connectivity index (χ4n) is 1.52. The molecule has 0 unspecified atom stereocenters. The first kappa shape index (κ1) is 12.3. The zero-order chi connectivity index (χ0) is 13.3. The lowest BCUT2D eigenvalue weighted by Crippen LogP contribution is -2.18. The number of ether oxygens (including phenoxy) is 4. The molecule has 18 heavy (non-hydrogen) atoms. The van der Waals surface area contributed by atoms with Gasteiger partial charge in [0.05, 0.1) is 14.2 Å². The second-order valence-corrected chi connectivity index (χ2v) is 3.48. The lowest BCUT2D eigenvalue weighted by Gasteiger charge is -2.07. The molecule has 0 amide bonds. The van der Waals surface area contributed by atoms with Crippen molar-refractivity contribution >= 4 is 11.9 Å². The van der Waals surface area contributed by atoms with Gasteiger partial charge in [0.1, 0.15) is 0 Å². The third-order valence-corrected chi connectivity index (χ3v) is 2.40. The van der Waals surface area contributed by atoms with E-state index in [1.807, 2.05) is 6.92 Å². The van der Waals surface area contributed by atoms with Crippen molar-refractivity contribution < 1.29 is 33.0 Å². The van der Waals surface area contributed by atoms with Crippen LogP contribution < -0.4 is 9.47 Å². The highest BCUT2D eigenvalue weighted by molar-refractivity contribution is 5.97. The van der Waals surface area contributed by atoms with Crippen molar-refractivity contribution in [2.45, 2.75) is 19.6 Å². The van der Waals surface area contributed by atoms with Crippen molar-refractivity contribution in [3.63, 3.8) is 0 Å². The molecule has 0 atom stereocenters. The van der Waals surface area contributed by atoms with Crippen LogP contribution in [0.2, 0.25) is 0 Å². The van der Waals surface area contributed by atoms with Crippen LogP contribution in [0.5, 0.6) is 11.5 Å². The summed E-state index contributed by atoms with van der Waals surface area (Å²) in [6.45, 7) is 1.84. The van der Waals surface area contributed by atoms with Gasteiger partial charge >= 0.3 is 11.9 Å². The Morgan fingerprint density at radius 1 is 1.06 bits per heavy atom. The molecule has 1 aliphatic heterocycles. The maximum atomic E-state index is 11.5. The molecule has 1 aromatic heterocycles. The second-order valence-electron chi connectivity index (χ2n) is 3.48. The Bertz CT molecular complexity index is 447. The predicted molar refractivity (Wildman–Crippen MR) is 56.7 cm³/mol. The Morgan fingerprint density at radius 3 is 1.83 bits per heavy atom. The van der Waals surface area contributed by atoms with Gasteiger partial charge in [0.2, 0.25) is 17.8 Å². The van der Waals surface area contributed by atoms with Gasteiger partial charge in [-0.15, -0.1) is 0 Å². The highest BCUT2D eigenvalue weighted by Gasteiger charge is 2.39. The molecule has 0 bridgehead atoms. The molecule has 1 aliphatic rings. The first-order valence-electron chi connectivity index (χ1n) is 5.29. The van der Waals surface area contributed by atoms with E-state index < -0.39 is 18.2 Å². The van der Waals surface area contributed by atoms with Crippen molar-refractivity contribution in [1.29, 1.82) is 0 Å². The number of carbonyl (C=O) groups excluding carboxylic acids is 2. The van der Waals surface area contributed by atoms with Gasteiger partial charge in [0, 0.05) is 6.42 Å². The van der Waals surface area contributed by atoms with Crippen molar-refractivity contribution in [1.82, 2.24) is 0 Å². The number of methoxy groups -OCH3 is 2. The minimum Gasteiger partial charge on any atom is -0.463 e. The molecule has 1 aromatic rings. The number of carbonyl (C=O) groups is 2. The van der Waals surface area contributed by atoms with Crippen molar-refractivity contribution in [3.8, 4) is 11.5 Å². The monoisotopic (exact) mass is 256 g/mol. The normalized spacial score (nSPS) is 13.5. The molecular formula is C11H12O7. The predicted octanol–water partition coefficient (Wildman–Crippen LogP) is 1.36. The SMILES string of the molecule is CCC1Oc2c(C(=O)OC)oc(C(=O)OC)c2O1. The lowest BCUT2D eigenvalue weighted by molar-refractivity contribution is 0.0328. The summed E-state index contributed by atoms with van der Waals surface area (Å²) >= 11 is 0. The Hall–Kier alpha value is -2.18. The van der Waals surface area contributed by atoms with E-state index in [1.165, 1.54) is 14.2 Å². The average Bonchev–Trinajstić information content (AvgIpc) is 2.94. The first-order chi connectivity index (χ1) is 8.62. The molecule has 0 spiro atoms. The molecule has 0 fully saturated rings. The molecule has 0 aromatic carbocycles. The van der Waals surface area contributed by atoms with Crippen LogP contribution in [0.15, 0.2) is 4.42 Å². The van der Waals surface area contributed by atoms with Gasteiger partial charge in [-0.2, -0.15) is 0 Å². The number of hydrogen-bond donors (Lipinski definition) is 0. The number of hydrogen-bond acceptors (Lipinski definition) is 7. The van der Waals surface area contributed by atoms with Crippen LogP contribution in [0.25, 0.3) is 0 Å². The largest absolute Gasteiger partial charge is 0.463 e. The summed E-state index contributed by atoms with van der Waals surface area (Å²) in [5.74, 6) is -1.75. The maximum absolute atomic E-state index is 11.5. The van der Waals surface area contributed by atoms with Gasteiger partial charge < -0.3 is 23.4 Å². The molecule has 0 saturated carbocycles. The van der Waals surface area contributed by atoms with Crippen molar-refractivity contribution in [2.75, 3.05) is 14.2 Å². The minimum absolute atomic E-state index is 0.0779. The van der Waals surface area contributed by atoms with Crippen LogP contribution in [0.1, 0.15) is 34.5 Å². The summed E-state index contributed by atoms with van der Waals surface area (Å²) in [6, 6.07) is 0. The Labute approximate surface area is 103 Å². The van der Waals surface area contributed by atoms with Crippen molar-refractivity contribution in [3.05, 3.63) is 11.5 Å². The fourth-order valence-corrected chi connectivity index (χ4v) is 1.52. The van der Waals surface area contributed by atoms with Crippen LogP contribution in [-0.4, -0.2) is 32.4 Å². The smallest absolute Gasteiger partial charge is 0.378 e. The summed E-state index contributed by atoms with van der Waals surface area (Å²) in [5.41, 5.74) is 0. The molecule has 7 nitrogen and oxygen atoms in total. The standard InChI is InChI=1S/C11H12O7/c1-4-5-16-6-7(17-5)9(11(13)15-3)18-8(6)10(12)14-2/h5H,4H2,1-3H3. The topological polar surface area (TPSA) is 84.2 Å². The summed E-state index contributed by atoms with van der Waals surface area (Å²) in [4.78, 5) is 23.0. The van der Waals surface area contributed by atoms with Gasteiger partial charge in [-0.05, 0) is 0 Å². The van der Waals surface area contributed by atoms with E-state index in [-0.39, 0.29) is 23.0 Å². The summed E-state index contributed by atoms with van der Waals surface area (Å²) in [7, 11) is 2.39. The molecule has 0 N–H and O–H groups in total. The summed E-state index contributed by atoms with van der Waals surface area (Å²) in [5, 5.41) is 0. The number of furan rings is 1. The second kappa shape index (κ2) is 4.59. The summed E-state index contributed by atoms with van der Waals surface area (Å²) in [6.07, 6.45) is -0.00572. The molecule has 98 valence electrons. The highest BCUT2D eigenvalue weighted by Crippen LogP contribution is 2.44. The molecule has 0 radical (unpaired) electrons. The third kappa shape index (κ3) is 1.77. The van der Waals surface area contributed by atoms with Crippen LogP contribution in [0.3, 0.4) is 0 Å². The lowest BCUT2D eigenvalue weighted by atomic mass is 10.3. The van der Waals surface area contributed by atoms with E-state index in [2.05, 4.69) is 9.47 Å². The molecule has 2 heterocycles. The average molecular weight is 256 g/mol. The van der Waals surface area contributed by atoms with Crippen LogP contribution in [0.4, 0.5) is 0 Å². The fraction of sp³-hybridized carbons (Fsp3) is 0.455. The maximum Gasteiger partial charge on any atom is 0.378 e. The van der Waals surface area contributed by atoms with E-state index in [9.17, 15) is 9.59 Å². The van der Waals surface area contributed by atoms with E-state index in [4.69, 9.17) is 13.9 Å². The molecular weight excluding hydrogens is 244 g/mol. The van der Waals surface area contributed by atoms with Gasteiger partial charge in [0.15, 0.2) is 0 Å². The van der Waals surface area contributed by atoms with Crippen LogP contribution >= 0.6 is 0 Å². The molecule has 2 rings (SSSR count). The molecule has 7 heteroatoms. The van der Waals surface area contributed by atoms with Gasteiger partial charge in [-0.25, -0.2) is 9.59 Å². The van der Waals surface area contributed by atoms with E-state index in [0.29, 0.717) is 6.42 Å². The third-order valence-electron chi connectivity index (χ3n) is 2.40. The quantitative estimate of drug-likeness (QED) is 0.755. The zero-order valence-electron chi connectivity index (χ0n) is 10.1. The minimum atomic E-state index is -0.748. The van der Waals surface area contributed by atoms with E-state index >= 15 is 0 Å². The first-order valence-corrected chi connectivity index (χ1v) is 5.29.